The van der Waals surface area contributed by atoms with Gasteiger partial charge < -0.3 is 9.47 Å². The number of carbonyl (C=O) groups excluding carboxylic acids is 1. The van der Waals surface area contributed by atoms with E-state index in [2.05, 4.69) is 0 Å². The zero-order chi connectivity index (χ0) is 12.4. The number of hydrogen-bond donors (Lipinski definition) is 0. The van der Waals surface area contributed by atoms with Gasteiger partial charge in [0.25, 0.3) is 5.91 Å². The van der Waals surface area contributed by atoms with Crippen molar-refractivity contribution >= 4 is 16.8 Å². The highest BCUT2D eigenvalue weighted by atomic mass is 16.2. The van der Waals surface area contributed by atoms with Crippen molar-refractivity contribution in [3.63, 3.8) is 0 Å². The lowest BCUT2D eigenvalue weighted by Crippen LogP contribution is -2.28. The lowest BCUT2D eigenvalue weighted by atomic mass is 10.2. The zero-order valence-corrected chi connectivity index (χ0v) is 9.84. The van der Waals surface area contributed by atoms with E-state index in [1.165, 1.54) is 4.90 Å². The van der Waals surface area contributed by atoms with Gasteiger partial charge in [0.1, 0.15) is 12.2 Å². The number of nitrogens with zero attached hydrogens (tertiary/aromatic N) is 3. The SMILES string of the molecule is CN(CC#N)C(=O)c1cc2ccccc2n1C. The van der Waals surface area contributed by atoms with Crippen LogP contribution in [0.1, 0.15) is 10.5 Å². The summed E-state index contributed by atoms with van der Waals surface area (Å²) in [6.45, 7) is 0.0976. The van der Waals surface area contributed by atoms with Crippen LogP contribution in [0.15, 0.2) is 30.3 Å². The van der Waals surface area contributed by atoms with Gasteiger partial charge in [-0.3, -0.25) is 4.79 Å². The summed E-state index contributed by atoms with van der Waals surface area (Å²) < 4.78 is 1.85. The first-order chi connectivity index (χ1) is 8.15. The summed E-state index contributed by atoms with van der Waals surface area (Å²) in [5.74, 6) is -0.134. The molecule has 0 bridgehead atoms. The van der Waals surface area contributed by atoms with E-state index < -0.39 is 0 Å². The molecule has 0 atom stereocenters. The second-order valence-electron chi connectivity index (χ2n) is 3.97. The van der Waals surface area contributed by atoms with Crippen LogP contribution in [-0.2, 0) is 7.05 Å². The van der Waals surface area contributed by atoms with Crippen LogP contribution in [0, 0.1) is 11.3 Å². The number of fused-ring (bicyclic) bond motifs is 1. The van der Waals surface area contributed by atoms with E-state index in [0.717, 1.165) is 10.9 Å². The van der Waals surface area contributed by atoms with Gasteiger partial charge in [-0.25, -0.2) is 0 Å². The van der Waals surface area contributed by atoms with E-state index in [-0.39, 0.29) is 12.5 Å². The molecule has 1 aromatic heterocycles. The lowest BCUT2D eigenvalue weighted by molar-refractivity contribution is 0.0803. The third kappa shape index (κ3) is 1.87. The molecular weight excluding hydrogens is 214 g/mol. The van der Waals surface area contributed by atoms with E-state index in [4.69, 9.17) is 5.26 Å². The van der Waals surface area contributed by atoms with Gasteiger partial charge in [0, 0.05) is 25.0 Å². The summed E-state index contributed by atoms with van der Waals surface area (Å²) in [6.07, 6.45) is 0. The highest BCUT2D eigenvalue weighted by Crippen LogP contribution is 2.19. The van der Waals surface area contributed by atoms with E-state index in [9.17, 15) is 4.79 Å². The number of amides is 1. The number of rotatable bonds is 2. The Bertz CT molecular complexity index is 607. The van der Waals surface area contributed by atoms with Crippen LogP contribution >= 0.6 is 0 Å². The van der Waals surface area contributed by atoms with Crippen molar-refractivity contribution in [2.24, 2.45) is 7.05 Å². The van der Waals surface area contributed by atoms with Crippen molar-refractivity contribution < 1.29 is 4.79 Å². The molecule has 1 amide bonds. The zero-order valence-electron chi connectivity index (χ0n) is 9.84. The molecule has 1 aromatic carbocycles. The first-order valence-electron chi connectivity index (χ1n) is 5.32. The highest BCUT2D eigenvalue weighted by molar-refractivity contribution is 5.98. The van der Waals surface area contributed by atoms with Crippen LogP contribution in [0.25, 0.3) is 10.9 Å². The first-order valence-corrected chi connectivity index (χ1v) is 5.32. The molecule has 4 nitrogen and oxygen atoms in total. The molecule has 1 heterocycles. The number of benzene rings is 1. The third-order valence-electron chi connectivity index (χ3n) is 2.83. The standard InChI is InChI=1S/C13H13N3O/c1-15(8-7-14)13(17)12-9-10-5-3-4-6-11(10)16(12)2/h3-6,9H,8H2,1-2H3. The minimum Gasteiger partial charge on any atom is -0.340 e. The molecule has 0 unspecified atom stereocenters. The maximum absolute atomic E-state index is 12.1. The number of aromatic nitrogens is 1. The minimum absolute atomic E-state index is 0.0976. The molecule has 86 valence electrons. The molecular formula is C13H13N3O. The number of carbonyl (C=O) groups is 1. The van der Waals surface area contributed by atoms with Gasteiger partial charge in [0.15, 0.2) is 0 Å². The maximum Gasteiger partial charge on any atom is 0.271 e. The summed E-state index contributed by atoms with van der Waals surface area (Å²) in [5.41, 5.74) is 1.62. The predicted octanol–water partition coefficient (Wildman–Crippen LogP) is 1.77. The summed E-state index contributed by atoms with van der Waals surface area (Å²) >= 11 is 0. The Morgan fingerprint density at radius 2 is 2.18 bits per heavy atom. The second kappa shape index (κ2) is 4.30. The van der Waals surface area contributed by atoms with Crippen molar-refractivity contribution in [3.05, 3.63) is 36.0 Å². The lowest BCUT2D eigenvalue weighted by Gasteiger charge is -2.13. The van der Waals surface area contributed by atoms with Crippen LogP contribution < -0.4 is 0 Å². The largest absolute Gasteiger partial charge is 0.340 e. The number of aryl methyl sites for hydroxylation is 1. The van der Waals surface area contributed by atoms with Gasteiger partial charge in [-0.1, -0.05) is 18.2 Å². The van der Waals surface area contributed by atoms with Gasteiger partial charge in [-0.05, 0) is 12.1 Å². The van der Waals surface area contributed by atoms with Crippen LogP contribution in [0.2, 0.25) is 0 Å². The molecule has 0 saturated carbocycles. The van der Waals surface area contributed by atoms with Crippen LogP contribution in [0.4, 0.5) is 0 Å². The number of nitriles is 1. The number of hydrogen-bond acceptors (Lipinski definition) is 2. The molecule has 2 rings (SSSR count). The molecule has 4 heteroatoms. The summed E-state index contributed by atoms with van der Waals surface area (Å²) in [4.78, 5) is 13.5. The Morgan fingerprint density at radius 3 is 2.82 bits per heavy atom. The van der Waals surface area contributed by atoms with Gasteiger partial charge >= 0.3 is 0 Å². The monoisotopic (exact) mass is 227 g/mol. The molecule has 0 aliphatic carbocycles. The summed E-state index contributed by atoms with van der Waals surface area (Å²) in [5, 5.41) is 9.62. The van der Waals surface area contributed by atoms with Gasteiger partial charge in [-0.2, -0.15) is 5.26 Å². The van der Waals surface area contributed by atoms with Crippen LogP contribution in [0.3, 0.4) is 0 Å². The topological polar surface area (TPSA) is 49.0 Å². The van der Waals surface area contributed by atoms with Crippen LogP contribution in [-0.4, -0.2) is 29.0 Å². The number of para-hydroxylation sites is 1. The fourth-order valence-electron chi connectivity index (χ4n) is 1.87. The quantitative estimate of drug-likeness (QED) is 0.734. The molecule has 0 spiro atoms. The molecule has 0 aliphatic rings. The molecule has 0 aliphatic heterocycles. The van der Waals surface area contributed by atoms with Crippen molar-refractivity contribution in [2.75, 3.05) is 13.6 Å². The third-order valence-corrected chi connectivity index (χ3v) is 2.83. The summed E-state index contributed by atoms with van der Waals surface area (Å²) in [7, 11) is 3.49. The Hall–Kier alpha value is -2.28. The Kier molecular flexibility index (Phi) is 2.84. The normalized spacial score (nSPS) is 10.2. The van der Waals surface area contributed by atoms with Gasteiger partial charge in [0.05, 0.1) is 6.07 Å². The Morgan fingerprint density at radius 1 is 1.47 bits per heavy atom. The predicted molar refractivity (Wildman–Crippen MR) is 65.5 cm³/mol. The van der Waals surface area contributed by atoms with Gasteiger partial charge in [-0.15, -0.1) is 0 Å². The minimum atomic E-state index is -0.134. The van der Waals surface area contributed by atoms with Crippen molar-refractivity contribution in [1.29, 1.82) is 5.26 Å². The maximum atomic E-state index is 12.1. The van der Waals surface area contributed by atoms with E-state index in [1.807, 2.05) is 48.0 Å². The Balaban J connectivity index is 2.46. The molecule has 0 saturated heterocycles. The fourth-order valence-corrected chi connectivity index (χ4v) is 1.87. The average Bonchev–Trinajstić information content (AvgIpc) is 2.67. The van der Waals surface area contributed by atoms with Crippen molar-refractivity contribution in [2.45, 2.75) is 0 Å². The average molecular weight is 227 g/mol. The molecule has 0 radical (unpaired) electrons. The van der Waals surface area contributed by atoms with Crippen LogP contribution in [0.5, 0.6) is 0 Å². The van der Waals surface area contributed by atoms with Gasteiger partial charge in [0.2, 0.25) is 0 Å². The second-order valence-corrected chi connectivity index (χ2v) is 3.97. The molecule has 0 N–H and O–H groups in total. The molecule has 17 heavy (non-hydrogen) atoms. The van der Waals surface area contributed by atoms with E-state index in [1.54, 1.807) is 7.05 Å². The van der Waals surface area contributed by atoms with E-state index >= 15 is 0 Å². The first kappa shape index (κ1) is 11.2. The highest BCUT2D eigenvalue weighted by Gasteiger charge is 2.16. The van der Waals surface area contributed by atoms with Crippen molar-refractivity contribution in [1.82, 2.24) is 9.47 Å². The van der Waals surface area contributed by atoms with Crippen molar-refractivity contribution in [3.8, 4) is 6.07 Å². The fraction of sp³-hybridized carbons (Fsp3) is 0.231. The Labute approximate surface area is 99.7 Å². The van der Waals surface area contributed by atoms with E-state index in [0.29, 0.717) is 5.69 Å². The smallest absolute Gasteiger partial charge is 0.271 e. The molecule has 0 fully saturated rings. The summed E-state index contributed by atoms with van der Waals surface area (Å²) in [6, 6.07) is 11.6. The molecule has 2 aromatic rings.